The predicted octanol–water partition coefficient (Wildman–Crippen LogP) is 2.04. The number of terminal acetylenes is 1. The zero-order valence-corrected chi connectivity index (χ0v) is 12.6. The summed E-state index contributed by atoms with van der Waals surface area (Å²) in [5.41, 5.74) is -1.03. The first-order chi connectivity index (χ1) is 9.65. The van der Waals surface area contributed by atoms with Crippen LogP contribution in [0.5, 0.6) is 0 Å². The van der Waals surface area contributed by atoms with Crippen LogP contribution in [0.15, 0.2) is 11.0 Å². The minimum Gasteiger partial charge on any atom is -0.258 e. The van der Waals surface area contributed by atoms with Gasteiger partial charge in [0.05, 0.1) is 21.4 Å². The van der Waals surface area contributed by atoms with Crippen molar-refractivity contribution in [2.45, 2.75) is 38.1 Å². The average Bonchev–Trinajstić information content (AvgIpc) is 2.34. The number of nitro groups is 1. The van der Waals surface area contributed by atoms with Crippen LogP contribution in [0.4, 0.5) is 10.1 Å². The van der Waals surface area contributed by atoms with E-state index in [4.69, 9.17) is 6.42 Å². The van der Waals surface area contributed by atoms with Crippen molar-refractivity contribution in [2.24, 2.45) is 0 Å². The van der Waals surface area contributed by atoms with Gasteiger partial charge in [0, 0.05) is 0 Å². The maximum atomic E-state index is 13.6. The second-order valence-electron chi connectivity index (χ2n) is 4.48. The van der Waals surface area contributed by atoms with Gasteiger partial charge < -0.3 is 0 Å². The van der Waals surface area contributed by atoms with Crippen LogP contribution in [-0.4, -0.2) is 19.4 Å². The third-order valence-electron chi connectivity index (χ3n) is 2.98. The highest BCUT2D eigenvalue weighted by molar-refractivity contribution is 7.89. The number of benzene rings is 1. The number of rotatable bonds is 5. The molecule has 0 saturated heterocycles. The number of halogens is 1. The number of nitrogens with zero attached hydrogens (tertiary/aromatic N) is 1. The number of hydrogen-bond acceptors (Lipinski definition) is 4. The topological polar surface area (TPSA) is 89.3 Å². The van der Waals surface area contributed by atoms with E-state index in [9.17, 15) is 22.9 Å². The number of nitrogens with one attached hydrogen (secondary N) is 1. The fourth-order valence-corrected chi connectivity index (χ4v) is 3.74. The van der Waals surface area contributed by atoms with Crippen LogP contribution < -0.4 is 4.72 Å². The normalized spacial score (nSPS) is 12.7. The van der Waals surface area contributed by atoms with Crippen LogP contribution in [0, 0.1) is 42.1 Å². The Bertz CT molecular complexity index is 723. The first kappa shape index (κ1) is 17.1. The zero-order chi connectivity index (χ0) is 16.4. The molecule has 0 aliphatic carbocycles. The number of nitro benzene ring substituents is 1. The lowest BCUT2D eigenvalue weighted by Crippen LogP contribution is -2.34. The molecule has 1 aromatic carbocycles. The Balaban J connectivity index is 3.54. The molecule has 8 heteroatoms. The minimum atomic E-state index is -4.08. The van der Waals surface area contributed by atoms with Crippen LogP contribution in [-0.2, 0) is 10.0 Å². The smallest absolute Gasteiger partial charge is 0.258 e. The Morgan fingerprint density at radius 2 is 2.10 bits per heavy atom. The van der Waals surface area contributed by atoms with Crippen molar-refractivity contribution in [3.05, 3.63) is 33.1 Å². The number of aryl methyl sites for hydroxylation is 1. The highest BCUT2D eigenvalue weighted by atomic mass is 32.2. The van der Waals surface area contributed by atoms with Gasteiger partial charge in [0.1, 0.15) is 0 Å². The summed E-state index contributed by atoms with van der Waals surface area (Å²) in [6.07, 6.45) is 5.56. The van der Waals surface area contributed by atoms with Gasteiger partial charge in [-0.05, 0) is 31.9 Å². The maximum Gasteiger partial charge on any atom is 0.309 e. The van der Waals surface area contributed by atoms with E-state index in [1.165, 1.54) is 13.8 Å². The van der Waals surface area contributed by atoms with E-state index < -0.39 is 32.5 Å². The molecule has 1 aromatic rings. The molecule has 0 aromatic heterocycles. The molecule has 0 saturated carbocycles. The third kappa shape index (κ3) is 3.37. The molecule has 0 spiro atoms. The van der Waals surface area contributed by atoms with Gasteiger partial charge in [0.25, 0.3) is 0 Å². The lowest BCUT2D eigenvalue weighted by molar-refractivity contribution is -0.388. The summed E-state index contributed by atoms with van der Waals surface area (Å²) in [7, 11) is -4.08. The first-order valence-corrected chi connectivity index (χ1v) is 7.56. The monoisotopic (exact) mass is 314 g/mol. The van der Waals surface area contributed by atoms with Gasteiger partial charge in [-0.15, -0.1) is 6.42 Å². The van der Waals surface area contributed by atoms with Gasteiger partial charge in [-0.25, -0.2) is 8.42 Å². The average molecular weight is 314 g/mol. The SMILES string of the molecule is C#CC(CC)NS(=O)(=O)c1c(C)cc(F)c([N+](=O)[O-])c1C. The van der Waals surface area contributed by atoms with Gasteiger partial charge in [-0.3, -0.25) is 10.1 Å². The van der Waals surface area contributed by atoms with Gasteiger partial charge in [0.2, 0.25) is 15.8 Å². The molecule has 21 heavy (non-hydrogen) atoms. The molecule has 1 rings (SSSR count). The minimum absolute atomic E-state index is 0.0787. The van der Waals surface area contributed by atoms with Crippen molar-refractivity contribution < 1.29 is 17.7 Å². The van der Waals surface area contributed by atoms with Gasteiger partial charge in [-0.2, -0.15) is 9.11 Å². The van der Waals surface area contributed by atoms with Crippen molar-refractivity contribution in [3.63, 3.8) is 0 Å². The third-order valence-corrected chi connectivity index (χ3v) is 4.74. The van der Waals surface area contributed by atoms with Crippen molar-refractivity contribution >= 4 is 15.7 Å². The molecule has 0 amide bonds. The van der Waals surface area contributed by atoms with Crippen LogP contribution in [0.1, 0.15) is 24.5 Å². The van der Waals surface area contributed by atoms with Crippen LogP contribution in [0.25, 0.3) is 0 Å². The summed E-state index contributed by atoms with van der Waals surface area (Å²) >= 11 is 0. The van der Waals surface area contributed by atoms with Gasteiger partial charge >= 0.3 is 5.69 Å². The quantitative estimate of drug-likeness (QED) is 0.511. The molecule has 1 atom stereocenters. The zero-order valence-electron chi connectivity index (χ0n) is 11.8. The largest absolute Gasteiger partial charge is 0.309 e. The van der Waals surface area contributed by atoms with Gasteiger partial charge in [-0.1, -0.05) is 12.8 Å². The Hall–Kier alpha value is -1.98. The van der Waals surface area contributed by atoms with Crippen LogP contribution in [0.3, 0.4) is 0 Å². The summed E-state index contributed by atoms with van der Waals surface area (Å²) in [4.78, 5) is 9.63. The first-order valence-electron chi connectivity index (χ1n) is 6.08. The van der Waals surface area contributed by atoms with Crippen LogP contribution in [0.2, 0.25) is 0 Å². The van der Waals surface area contributed by atoms with Crippen molar-refractivity contribution in [3.8, 4) is 12.3 Å². The van der Waals surface area contributed by atoms with Crippen LogP contribution >= 0.6 is 0 Å². The van der Waals surface area contributed by atoms with Crippen molar-refractivity contribution in [1.29, 1.82) is 0 Å². The van der Waals surface area contributed by atoms with Crippen molar-refractivity contribution in [2.75, 3.05) is 0 Å². The van der Waals surface area contributed by atoms with Crippen molar-refractivity contribution in [1.82, 2.24) is 4.72 Å². The fraction of sp³-hybridized carbons (Fsp3) is 0.385. The van der Waals surface area contributed by atoms with E-state index in [0.717, 1.165) is 6.07 Å². The highest BCUT2D eigenvalue weighted by Gasteiger charge is 2.30. The van der Waals surface area contributed by atoms with E-state index >= 15 is 0 Å². The Labute approximate surface area is 122 Å². The highest BCUT2D eigenvalue weighted by Crippen LogP contribution is 2.31. The molecule has 0 aliphatic heterocycles. The van der Waals surface area contributed by atoms with E-state index in [1.807, 2.05) is 0 Å². The van der Waals surface area contributed by atoms with E-state index in [0.29, 0.717) is 6.42 Å². The molecule has 0 bridgehead atoms. The summed E-state index contributed by atoms with van der Waals surface area (Å²) in [6, 6.07) is 0.0918. The molecule has 6 nitrogen and oxygen atoms in total. The predicted molar refractivity (Wildman–Crippen MR) is 75.8 cm³/mol. The summed E-state index contributed by atoms with van der Waals surface area (Å²) in [6.45, 7) is 4.25. The molecular formula is C13H15FN2O4S. The molecular weight excluding hydrogens is 299 g/mol. The summed E-state index contributed by atoms with van der Waals surface area (Å²) < 4.78 is 40.6. The van der Waals surface area contributed by atoms with Gasteiger partial charge in [0.15, 0.2) is 0 Å². The lowest BCUT2D eigenvalue weighted by Gasteiger charge is -2.15. The maximum absolute atomic E-state index is 13.6. The second kappa shape index (κ2) is 6.20. The molecule has 1 unspecified atom stereocenters. The molecule has 0 aliphatic rings. The molecule has 0 heterocycles. The molecule has 0 radical (unpaired) electrons. The van der Waals surface area contributed by atoms with E-state index in [1.54, 1.807) is 6.92 Å². The standard InChI is InChI=1S/C13H15FN2O4S/c1-5-10(6-2)15-21(19,20)13-8(3)7-11(14)12(9(13)4)16(17)18/h1,7,10,15H,6H2,2-4H3. The summed E-state index contributed by atoms with van der Waals surface area (Å²) in [5, 5.41) is 10.9. The Kier molecular flexibility index (Phi) is 5.04. The second-order valence-corrected chi connectivity index (χ2v) is 6.13. The molecule has 114 valence electrons. The number of hydrogen-bond donors (Lipinski definition) is 1. The molecule has 1 N–H and O–H groups in total. The Morgan fingerprint density at radius 1 is 1.52 bits per heavy atom. The van der Waals surface area contributed by atoms with E-state index in [2.05, 4.69) is 10.6 Å². The summed E-state index contributed by atoms with van der Waals surface area (Å²) in [5.74, 6) is 1.20. The Morgan fingerprint density at radius 3 is 2.52 bits per heavy atom. The number of sulfonamides is 1. The fourth-order valence-electron chi connectivity index (χ4n) is 2.03. The molecule has 0 fully saturated rings. The van der Waals surface area contributed by atoms with E-state index in [-0.39, 0.29) is 16.0 Å². The lowest BCUT2D eigenvalue weighted by atomic mass is 10.1.